The Morgan fingerprint density at radius 1 is 1.47 bits per heavy atom. The summed E-state index contributed by atoms with van der Waals surface area (Å²) in [7, 11) is 2.02. The highest BCUT2D eigenvalue weighted by atomic mass is 35.5. The molecule has 0 radical (unpaired) electrons. The predicted octanol–water partition coefficient (Wildman–Crippen LogP) is 2.89. The zero-order valence-electron chi connectivity index (χ0n) is 11.1. The fraction of sp³-hybridized carbons (Fsp3) is 0.400. The Kier molecular flexibility index (Phi) is 3.58. The highest BCUT2D eigenvalue weighted by molar-refractivity contribution is 6.30. The molecule has 0 amide bonds. The average molecular weight is 276 g/mol. The van der Waals surface area contributed by atoms with Crippen molar-refractivity contribution in [2.45, 2.75) is 12.8 Å². The van der Waals surface area contributed by atoms with Gasteiger partial charge in [0.1, 0.15) is 0 Å². The fourth-order valence-corrected chi connectivity index (χ4v) is 2.95. The molecule has 2 heterocycles. The van der Waals surface area contributed by atoms with Gasteiger partial charge in [-0.15, -0.1) is 0 Å². The first-order valence-corrected chi connectivity index (χ1v) is 7.09. The van der Waals surface area contributed by atoms with Gasteiger partial charge >= 0.3 is 0 Å². The van der Waals surface area contributed by atoms with Crippen molar-refractivity contribution in [3.05, 3.63) is 41.2 Å². The zero-order chi connectivity index (χ0) is 13.2. The van der Waals surface area contributed by atoms with Crippen LogP contribution in [0.15, 0.2) is 30.5 Å². The minimum Gasteiger partial charge on any atom is -0.316 e. The summed E-state index contributed by atoms with van der Waals surface area (Å²) >= 11 is 6.09. The summed E-state index contributed by atoms with van der Waals surface area (Å²) in [4.78, 5) is 0. The lowest BCUT2D eigenvalue weighted by molar-refractivity contribution is 0.549. The Labute approximate surface area is 118 Å². The first kappa shape index (κ1) is 12.7. The third-order valence-electron chi connectivity index (χ3n) is 3.84. The van der Waals surface area contributed by atoms with Gasteiger partial charge < -0.3 is 5.32 Å². The molecular weight excluding hydrogens is 258 g/mol. The smallest absolute Gasteiger partial charge is 0.0571 e. The Morgan fingerprint density at radius 2 is 2.37 bits per heavy atom. The third-order valence-corrected chi connectivity index (χ3v) is 4.08. The molecule has 0 aliphatic carbocycles. The van der Waals surface area contributed by atoms with E-state index < -0.39 is 0 Å². The Balaban J connectivity index is 1.93. The second-order valence-electron chi connectivity index (χ2n) is 5.20. The number of aromatic nitrogens is 2. The SMILES string of the molecule is Cn1ncc(-c2cccc(Cl)c2)c1CC1CCNC1. The van der Waals surface area contributed by atoms with Crippen LogP contribution in [0.3, 0.4) is 0 Å². The van der Waals surface area contributed by atoms with Gasteiger partial charge in [-0.3, -0.25) is 4.68 Å². The van der Waals surface area contributed by atoms with E-state index in [-0.39, 0.29) is 0 Å². The summed E-state index contributed by atoms with van der Waals surface area (Å²) in [6.45, 7) is 2.25. The molecule has 1 N–H and O–H groups in total. The summed E-state index contributed by atoms with van der Waals surface area (Å²) in [5.74, 6) is 0.716. The van der Waals surface area contributed by atoms with Crippen LogP contribution in [-0.2, 0) is 13.5 Å². The normalized spacial score (nSPS) is 18.9. The lowest BCUT2D eigenvalue weighted by Crippen LogP contribution is -2.13. The zero-order valence-corrected chi connectivity index (χ0v) is 11.8. The maximum absolute atomic E-state index is 6.09. The van der Waals surface area contributed by atoms with E-state index in [0.29, 0.717) is 5.92 Å². The highest BCUT2D eigenvalue weighted by Gasteiger charge is 2.19. The van der Waals surface area contributed by atoms with E-state index in [1.54, 1.807) is 0 Å². The molecule has 3 rings (SSSR count). The Bertz CT molecular complexity index is 571. The van der Waals surface area contributed by atoms with Crippen LogP contribution in [0.2, 0.25) is 5.02 Å². The highest BCUT2D eigenvalue weighted by Crippen LogP contribution is 2.28. The van der Waals surface area contributed by atoms with Crippen LogP contribution in [0.4, 0.5) is 0 Å². The van der Waals surface area contributed by atoms with Crippen LogP contribution >= 0.6 is 11.6 Å². The number of nitrogens with one attached hydrogen (secondary N) is 1. The van der Waals surface area contributed by atoms with Crippen molar-refractivity contribution in [1.82, 2.24) is 15.1 Å². The lowest BCUT2D eigenvalue weighted by atomic mass is 9.97. The van der Waals surface area contributed by atoms with Crippen LogP contribution < -0.4 is 5.32 Å². The van der Waals surface area contributed by atoms with Gasteiger partial charge in [0.2, 0.25) is 0 Å². The summed E-state index contributed by atoms with van der Waals surface area (Å²) in [6.07, 6.45) is 4.27. The molecule has 1 aromatic carbocycles. The van der Waals surface area contributed by atoms with E-state index in [1.807, 2.05) is 36.1 Å². The van der Waals surface area contributed by atoms with Gasteiger partial charge in [0, 0.05) is 23.3 Å². The van der Waals surface area contributed by atoms with Gasteiger partial charge in [0.15, 0.2) is 0 Å². The molecule has 1 aliphatic heterocycles. The number of aryl methyl sites for hydroxylation is 1. The monoisotopic (exact) mass is 275 g/mol. The van der Waals surface area contributed by atoms with Crippen molar-refractivity contribution in [2.75, 3.05) is 13.1 Å². The van der Waals surface area contributed by atoms with Crippen molar-refractivity contribution in [2.24, 2.45) is 13.0 Å². The number of hydrogen-bond acceptors (Lipinski definition) is 2. The number of nitrogens with zero attached hydrogens (tertiary/aromatic N) is 2. The van der Waals surface area contributed by atoms with Crippen molar-refractivity contribution in [3.63, 3.8) is 0 Å². The van der Waals surface area contributed by atoms with Gasteiger partial charge in [-0.05, 0) is 49.5 Å². The fourth-order valence-electron chi connectivity index (χ4n) is 2.76. The van der Waals surface area contributed by atoms with Gasteiger partial charge in [-0.25, -0.2) is 0 Å². The van der Waals surface area contributed by atoms with Crippen LogP contribution in [0.25, 0.3) is 11.1 Å². The van der Waals surface area contributed by atoms with E-state index in [9.17, 15) is 0 Å². The molecule has 1 aromatic heterocycles. The van der Waals surface area contributed by atoms with Gasteiger partial charge in [-0.2, -0.15) is 5.10 Å². The van der Waals surface area contributed by atoms with Crippen LogP contribution in [0.5, 0.6) is 0 Å². The van der Waals surface area contributed by atoms with E-state index in [2.05, 4.69) is 16.5 Å². The summed E-state index contributed by atoms with van der Waals surface area (Å²) in [6, 6.07) is 8.00. The van der Waals surface area contributed by atoms with E-state index >= 15 is 0 Å². The summed E-state index contributed by atoms with van der Waals surface area (Å²) in [5, 5.41) is 8.61. The molecule has 0 spiro atoms. The average Bonchev–Trinajstić information content (AvgIpc) is 3.01. The quantitative estimate of drug-likeness (QED) is 0.933. The molecule has 0 saturated carbocycles. The van der Waals surface area contributed by atoms with Gasteiger partial charge in [0.05, 0.1) is 6.20 Å². The molecule has 2 aromatic rings. The molecule has 4 heteroatoms. The van der Waals surface area contributed by atoms with Crippen LogP contribution in [0, 0.1) is 5.92 Å². The first-order valence-electron chi connectivity index (χ1n) is 6.71. The first-order chi connectivity index (χ1) is 9.24. The third kappa shape index (κ3) is 2.67. The Morgan fingerprint density at radius 3 is 3.11 bits per heavy atom. The van der Waals surface area contributed by atoms with Gasteiger partial charge in [0.25, 0.3) is 0 Å². The molecule has 1 aliphatic rings. The predicted molar refractivity (Wildman–Crippen MR) is 78.3 cm³/mol. The van der Waals surface area contributed by atoms with Crippen molar-refractivity contribution in [1.29, 1.82) is 0 Å². The largest absolute Gasteiger partial charge is 0.316 e. The molecule has 0 bridgehead atoms. The van der Waals surface area contributed by atoms with E-state index in [1.165, 1.54) is 17.7 Å². The number of hydrogen-bond donors (Lipinski definition) is 1. The standard InChI is InChI=1S/C15H18ClN3/c1-19-15(7-11-5-6-17-9-11)14(10-18-19)12-3-2-4-13(16)8-12/h2-4,8,10-11,17H,5-7,9H2,1H3. The van der Waals surface area contributed by atoms with Crippen molar-refractivity contribution < 1.29 is 0 Å². The van der Waals surface area contributed by atoms with Crippen molar-refractivity contribution >= 4 is 11.6 Å². The molecule has 19 heavy (non-hydrogen) atoms. The molecule has 1 unspecified atom stereocenters. The Hall–Kier alpha value is -1.32. The van der Waals surface area contributed by atoms with Crippen molar-refractivity contribution in [3.8, 4) is 11.1 Å². The maximum atomic E-state index is 6.09. The summed E-state index contributed by atoms with van der Waals surface area (Å²) in [5.41, 5.74) is 3.66. The molecular formula is C15H18ClN3. The second-order valence-corrected chi connectivity index (χ2v) is 5.64. The molecule has 100 valence electrons. The van der Waals surface area contributed by atoms with Crippen LogP contribution in [-0.4, -0.2) is 22.9 Å². The minimum absolute atomic E-state index is 0.716. The topological polar surface area (TPSA) is 29.9 Å². The molecule has 1 atom stereocenters. The minimum atomic E-state index is 0.716. The number of rotatable bonds is 3. The summed E-state index contributed by atoms with van der Waals surface area (Å²) < 4.78 is 1.99. The molecule has 1 fully saturated rings. The van der Waals surface area contributed by atoms with Crippen LogP contribution in [0.1, 0.15) is 12.1 Å². The molecule has 3 nitrogen and oxygen atoms in total. The van der Waals surface area contributed by atoms with E-state index in [0.717, 1.165) is 30.1 Å². The van der Waals surface area contributed by atoms with E-state index in [4.69, 9.17) is 11.6 Å². The maximum Gasteiger partial charge on any atom is 0.0571 e. The lowest BCUT2D eigenvalue weighted by Gasteiger charge is -2.11. The number of halogens is 1. The second kappa shape index (κ2) is 5.35. The van der Waals surface area contributed by atoms with Gasteiger partial charge in [-0.1, -0.05) is 23.7 Å². The number of benzene rings is 1. The molecule has 1 saturated heterocycles.